The van der Waals surface area contributed by atoms with Crippen LogP contribution >= 0.6 is 0 Å². The summed E-state index contributed by atoms with van der Waals surface area (Å²) in [4.78, 5) is 12.4. The van der Waals surface area contributed by atoms with Crippen LogP contribution < -0.4 is 5.32 Å². The van der Waals surface area contributed by atoms with E-state index in [1.165, 1.54) is 5.57 Å². The molecule has 5 heteroatoms. The minimum absolute atomic E-state index is 0.0161. The zero-order valence-electron chi connectivity index (χ0n) is 14.3. The van der Waals surface area contributed by atoms with Gasteiger partial charge in [-0.25, -0.2) is 0 Å². The molecule has 1 aromatic heterocycles. The third-order valence-electron chi connectivity index (χ3n) is 5.15. The average molecular weight is 317 g/mol. The molecule has 0 unspecified atom stereocenters. The van der Waals surface area contributed by atoms with E-state index in [1.54, 1.807) is 6.20 Å². The van der Waals surface area contributed by atoms with Gasteiger partial charge in [-0.15, -0.1) is 0 Å². The largest absolute Gasteiger partial charge is 0.370 e. The molecule has 1 amide bonds. The zero-order chi connectivity index (χ0) is 16.4. The van der Waals surface area contributed by atoms with E-state index >= 15 is 0 Å². The maximum atomic E-state index is 12.4. The van der Waals surface area contributed by atoms with Gasteiger partial charge in [-0.05, 0) is 43.6 Å². The fraction of sp³-hybridized carbons (Fsp3) is 0.667. The Morgan fingerprint density at radius 2 is 2.17 bits per heavy atom. The molecule has 23 heavy (non-hydrogen) atoms. The Morgan fingerprint density at radius 3 is 2.83 bits per heavy atom. The minimum atomic E-state index is -0.102. The van der Waals surface area contributed by atoms with Crippen LogP contribution in [0.4, 0.5) is 0 Å². The van der Waals surface area contributed by atoms with Gasteiger partial charge in [0.1, 0.15) is 6.10 Å². The topological polar surface area (TPSA) is 56.1 Å². The van der Waals surface area contributed by atoms with Crippen molar-refractivity contribution in [1.82, 2.24) is 15.1 Å². The smallest absolute Gasteiger partial charge is 0.244 e. The highest BCUT2D eigenvalue weighted by atomic mass is 16.5. The fourth-order valence-corrected chi connectivity index (χ4v) is 3.49. The fourth-order valence-electron chi connectivity index (χ4n) is 3.49. The van der Waals surface area contributed by atoms with Gasteiger partial charge in [-0.2, -0.15) is 5.10 Å². The number of hydrogen-bond acceptors (Lipinski definition) is 3. The molecule has 0 aromatic carbocycles. The second kappa shape index (κ2) is 6.48. The lowest BCUT2D eigenvalue weighted by atomic mass is 9.75. The molecule has 0 spiro atoms. The molecule has 1 aromatic rings. The number of aryl methyl sites for hydroxylation is 1. The van der Waals surface area contributed by atoms with Crippen molar-refractivity contribution in [3.8, 4) is 0 Å². The van der Waals surface area contributed by atoms with Crippen LogP contribution in [0.15, 0.2) is 23.9 Å². The summed E-state index contributed by atoms with van der Waals surface area (Å²) in [6.45, 7) is 5.28. The summed E-state index contributed by atoms with van der Waals surface area (Å²) in [6.07, 6.45) is 8.72. The number of carbonyl (C=O) groups is 1. The lowest BCUT2D eigenvalue weighted by Gasteiger charge is -2.30. The molecule has 1 aliphatic heterocycles. The SMILES string of the molecule is Cn1nccc1[C@H]1OCC[C@@H]1NC(=O)C=C1CCC(C)(C)CC1. The van der Waals surface area contributed by atoms with Gasteiger partial charge >= 0.3 is 0 Å². The number of carbonyl (C=O) groups excluding carboxylic acids is 1. The number of ether oxygens (including phenoxy) is 1. The number of allylic oxidation sites excluding steroid dienone is 1. The number of hydrogen-bond donors (Lipinski definition) is 1. The Morgan fingerprint density at radius 1 is 1.43 bits per heavy atom. The summed E-state index contributed by atoms with van der Waals surface area (Å²) in [6, 6.07) is 1.98. The minimum Gasteiger partial charge on any atom is -0.370 e. The second-order valence-corrected chi connectivity index (χ2v) is 7.54. The first-order valence-corrected chi connectivity index (χ1v) is 8.54. The van der Waals surface area contributed by atoms with Gasteiger partial charge in [0.05, 0.1) is 11.7 Å². The van der Waals surface area contributed by atoms with Crippen LogP contribution in [0.2, 0.25) is 0 Å². The normalized spacial score (nSPS) is 27.0. The molecular formula is C18H27N3O2. The van der Waals surface area contributed by atoms with Gasteiger partial charge in [0.15, 0.2) is 0 Å². The van der Waals surface area contributed by atoms with E-state index < -0.39 is 0 Å². The third-order valence-corrected chi connectivity index (χ3v) is 5.15. The summed E-state index contributed by atoms with van der Waals surface area (Å²) < 4.78 is 7.63. The van der Waals surface area contributed by atoms with Crippen LogP contribution in [0.25, 0.3) is 0 Å². The number of nitrogens with zero attached hydrogens (tertiary/aromatic N) is 2. The number of nitrogens with one attached hydrogen (secondary N) is 1. The first-order chi connectivity index (χ1) is 10.9. The number of aromatic nitrogens is 2. The van der Waals surface area contributed by atoms with Crippen molar-refractivity contribution in [2.75, 3.05) is 6.61 Å². The summed E-state index contributed by atoms with van der Waals surface area (Å²) in [5.41, 5.74) is 2.70. The molecule has 2 heterocycles. The Labute approximate surface area is 138 Å². The first kappa shape index (κ1) is 16.2. The predicted octanol–water partition coefficient (Wildman–Crippen LogP) is 2.89. The summed E-state index contributed by atoms with van der Waals surface area (Å²) in [7, 11) is 1.90. The maximum Gasteiger partial charge on any atom is 0.244 e. The molecule has 2 fully saturated rings. The van der Waals surface area contributed by atoms with Crippen LogP contribution in [-0.2, 0) is 16.6 Å². The molecule has 5 nitrogen and oxygen atoms in total. The summed E-state index contributed by atoms with van der Waals surface area (Å²) >= 11 is 0. The molecule has 2 atom stereocenters. The van der Waals surface area contributed by atoms with Crippen molar-refractivity contribution in [3.63, 3.8) is 0 Å². The van der Waals surface area contributed by atoms with Crippen molar-refractivity contribution in [3.05, 3.63) is 29.6 Å². The molecule has 1 saturated heterocycles. The standard InChI is InChI=1S/C18H27N3O2/c1-18(2)8-4-13(5-9-18)12-16(22)20-14-7-11-23-17(14)15-6-10-19-21(15)3/h6,10,12,14,17H,4-5,7-9,11H2,1-3H3,(H,20,22)/t14-,17-/m0/s1. The highest BCUT2D eigenvalue weighted by Crippen LogP contribution is 2.37. The van der Waals surface area contributed by atoms with Gasteiger partial charge in [0.25, 0.3) is 0 Å². The van der Waals surface area contributed by atoms with E-state index in [0.717, 1.165) is 37.8 Å². The Bertz CT molecular complexity index is 591. The monoisotopic (exact) mass is 317 g/mol. The highest BCUT2D eigenvalue weighted by molar-refractivity contribution is 5.88. The van der Waals surface area contributed by atoms with Crippen LogP contribution in [0.3, 0.4) is 0 Å². The lowest BCUT2D eigenvalue weighted by Crippen LogP contribution is -2.36. The van der Waals surface area contributed by atoms with E-state index in [1.807, 2.05) is 23.9 Å². The molecule has 1 aliphatic carbocycles. The first-order valence-electron chi connectivity index (χ1n) is 8.54. The van der Waals surface area contributed by atoms with E-state index in [0.29, 0.717) is 12.0 Å². The van der Waals surface area contributed by atoms with E-state index in [2.05, 4.69) is 24.3 Å². The average Bonchev–Trinajstić information content (AvgIpc) is 3.10. The Hall–Kier alpha value is -1.62. The van der Waals surface area contributed by atoms with Gasteiger partial charge in [0, 0.05) is 25.9 Å². The molecule has 0 radical (unpaired) electrons. The van der Waals surface area contributed by atoms with Crippen LogP contribution in [0.5, 0.6) is 0 Å². The van der Waals surface area contributed by atoms with Gasteiger partial charge < -0.3 is 10.1 Å². The van der Waals surface area contributed by atoms with E-state index in [9.17, 15) is 4.79 Å². The predicted molar refractivity (Wildman–Crippen MR) is 88.8 cm³/mol. The van der Waals surface area contributed by atoms with Crippen molar-refractivity contribution in [1.29, 1.82) is 0 Å². The number of rotatable bonds is 3. The van der Waals surface area contributed by atoms with Crippen LogP contribution in [0.1, 0.15) is 57.7 Å². The second-order valence-electron chi connectivity index (χ2n) is 7.54. The zero-order valence-corrected chi connectivity index (χ0v) is 14.3. The molecule has 126 valence electrons. The molecular weight excluding hydrogens is 290 g/mol. The van der Waals surface area contributed by atoms with Crippen molar-refractivity contribution < 1.29 is 9.53 Å². The van der Waals surface area contributed by atoms with Crippen molar-refractivity contribution >= 4 is 5.91 Å². The van der Waals surface area contributed by atoms with Crippen molar-refractivity contribution in [2.45, 2.75) is 58.1 Å². The lowest BCUT2D eigenvalue weighted by molar-refractivity contribution is -0.117. The number of amides is 1. The van der Waals surface area contributed by atoms with Crippen LogP contribution in [-0.4, -0.2) is 28.3 Å². The molecule has 1 saturated carbocycles. The quantitative estimate of drug-likeness (QED) is 0.872. The van der Waals surface area contributed by atoms with Gasteiger partial charge in [0.2, 0.25) is 5.91 Å². The summed E-state index contributed by atoms with van der Waals surface area (Å²) in [5, 5.41) is 7.33. The Kier molecular flexibility index (Phi) is 4.57. The van der Waals surface area contributed by atoms with E-state index in [-0.39, 0.29) is 18.1 Å². The van der Waals surface area contributed by atoms with E-state index in [4.69, 9.17) is 4.74 Å². The molecule has 0 bridgehead atoms. The molecule has 3 rings (SSSR count). The Balaban J connectivity index is 1.60. The third kappa shape index (κ3) is 3.83. The van der Waals surface area contributed by atoms with Crippen LogP contribution in [0, 0.1) is 5.41 Å². The summed E-state index contributed by atoms with van der Waals surface area (Å²) in [5.74, 6) is 0.0161. The van der Waals surface area contributed by atoms with Crippen molar-refractivity contribution in [2.24, 2.45) is 12.5 Å². The molecule has 2 aliphatic rings. The van der Waals surface area contributed by atoms with Gasteiger partial charge in [-0.3, -0.25) is 9.48 Å². The highest BCUT2D eigenvalue weighted by Gasteiger charge is 2.32. The molecule has 1 N–H and O–H groups in total. The van der Waals surface area contributed by atoms with Gasteiger partial charge in [-0.1, -0.05) is 19.4 Å². The maximum absolute atomic E-state index is 12.4.